The summed E-state index contributed by atoms with van der Waals surface area (Å²) in [5.41, 5.74) is 2.59. The second-order valence-corrected chi connectivity index (χ2v) is 6.68. The van der Waals surface area contributed by atoms with Crippen LogP contribution in [0.1, 0.15) is 17.3 Å². The Morgan fingerprint density at radius 2 is 1.84 bits per heavy atom. The molecule has 1 heterocycles. The van der Waals surface area contributed by atoms with Crippen LogP contribution in [0.2, 0.25) is 0 Å². The first kappa shape index (κ1) is 20.1. The zero-order valence-corrected chi connectivity index (χ0v) is 16.7. The largest absolute Gasteiger partial charge is 0.462 e. The van der Waals surface area contributed by atoms with Crippen molar-refractivity contribution in [3.8, 4) is 28.2 Å². The van der Waals surface area contributed by atoms with E-state index in [9.17, 15) is 14.4 Å². The minimum absolute atomic E-state index is 0.213. The third-order valence-corrected chi connectivity index (χ3v) is 4.74. The smallest absolute Gasteiger partial charge is 0.338 e. The maximum Gasteiger partial charge on any atom is 0.338 e. The average molecular weight is 414 g/mol. The van der Waals surface area contributed by atoms with Gasteiger partial charge in [-0.3, -0.25) is 4.79 Å². The molecule has 0 amide bonds. The van der Waals surface area contributed by atoms with Gasteiger partial charge in [0.2, 0.25) is 0 Å². The lowest BCUT2D eigenvalue weighted by atomic mass is 9.91. The number of carbonyl (C=O) groups is 2. The Morgan fingerprint density at radius 3 is 2.61 bits per heavy atom. The van der Waals surface area contributed by atoms with E-state index in [2.05, 4.69) is 6.58 Å². The van der Waals surface area contributed by atoms with E-state index in [-0.39, 0.29) is 17.8 Å². The van der Waals surface area contributed by atoms with E-state index >= 15 is 0 Å². The molecule has 31 heavy (non-hydrogen) atoms. The van der Waals surface area contributed by atoms with Crippen molar-refractivity contribution in [2.75, 3.05) is 6.61 Å². The normalized spacial score (nSPS) is 10.7. The molecule has 0 fully saturated rings. The van der Waals surface area contributed by atoms with Crippen LogP contribution in [-0.4, -0.2) is 18.5 Å². The molecule has 0 bridgehead atoms. The van der Waals surface area contributed by atoms with Gasteiger partial charge in [0.25, 0.3) is 0 Å². The highest BCUT2D eigenvalue weighted by molar-refractivity contribution is 6.08. The lowest BCUT2D eigenvalue weighted by Gasteiger charge is -2.17. The number of hydrogen-bond acceptors (Lipinski definition) is 6. The highest BCUT2D eigenvalue weighted by Crippen LogP contribution is 2.42. The molecule has 0 spiro atoms. The van der Waals surface area contributed by atoms with Crippen LogP contribution < -0.4 is 10.2 Å². The number of ether oxygens (including phenoxy) is 2. The van der Waals surface area contributed by atoms with Crippen LogP contribution in [0.15, 0.2) is 82.5 Å². The molecule has 154 valence electrons. The van der Waals surface area contributed by atoms with Gasteiger partial charge in [-0.2, -0.15) is 0 Å². The van der Waals surface area contributed by atoms with Gasteiger partial charge in [-0.15, -0.1) is 0 Å². The van der Waals surface area contributed by atoms with Gasteiger partial charge < -0.3 is 13.9 Å². The quantitative estimate of drug-likeness (QED) is 0.201. The molecule has 4 rings (SSSR count). The third kappa shape index (κ3) is 3.83. The molecule has 1 aliphatic heterocycles. The lowest BCUT2D eigenvalue weighted by Crippen LogP contribution is -2.07. The SMILES string of the molecule is C=CC(=O)Oc1ccc2c(-c3ccccc3C(=O)OCC)c3ccc(=O)cc-3oc2c1. The molecular formula is C25H18O6. The van der Waals surface area contributed by atoms with Gasteiger partial charge >= 0.3 is 11.9 Å². The van der Waals surface area contributed by atoms with Crippen molar-refractivity contribution in [1.29, 1.82) is 0 Å². The Morgan fingerprint density at radius 1 is 1.03 bits per heavy atom. The summed E-state index contributed by atoms with van der Waals surface area (Å²) in [7, 11) is 0. The van der Waals surface area contributed by atoms with Gasteiger partial charge in [-0.25, -0.2) is 9.59 Å². The molecule has 6 heteroatoms. The summed E-state index contributed by atoms with van der Waals surface area (Å²) in [6, 6.07) is 16.5. The zero-order valence-electron chi connectivity index (χ0n) is 16.7. The number of esters is 2. The predicted molar refractivity (Wildman–Crippen MR) is 116 cm³/mol. The highest BCUT2D eigenvalue weighted by atomic mass is 16.5. The van der Waals surface area contributed by atoms with Crippen LogP contribution in [0.5, 0.6) is 5.75 Å². The zero-order chi connectivity index (χ0) is 22.0. The van der Waals surface area contributed by atoms with E-state index in [4.69, 9.17) is 13.9 Å². The van der Waals surface area contributed by atoms with Crippen molar-refractivity contribution in [2.45, 2.75) is 6.92 Å². The van der Waals surface area contributed by atoms with Crippen molar-refractivity contribution < 1.29 is 23.5 Å². The number of carbonyl (C=O) groups excluding carboxylic acids is 2. The van der Waals surface area contributed by atoms with Gasteiger partial charge in [0, 0.05) is 34.7 Å². The summed E-state index contributed by atoms with van der Waals surface area (Å²) in [5, 5.41) is 0.682. The maximum absolute atomic E-state index is 12.6. The first-order chi connectivity index (χ1) is 15.0. The molecule has 0 saturated heterocycles. The molecule has 0 radical (unpaired) electrons. The molecule has 6 nitrogen and oxygen atoms in total. The van der Waals surface area contributed by atoms with E-state index < -0.39 is 11.9 Å². The number of fused-ring (bicyclic) bond motifs is 2. The minimum atomic E-state index is -0.602. The summed E-state index contributed by atoms with van der Waals surface area (Å²) >= 11 is 0. The summed E-state index contributed by atoms with van der Waals surface area (Å²) in [6.07, 6.45) is 1.06. The maximum atomic E-state index is 12.6. The van der Waals surface area contributed by atoms with E-state index in [1.54, 1.807) is 43.3 Å². The topological polar surface area (TPSA) is 82.8 Å². The van der Waals surface area contributed by atoms with Gasteiger partial charge in [0.05, 0.1) is 12.2 Å². The van der Waals surface area contributed by atoms with Crippen LogP contribution >= 0.6 is 0 Å². The molecule has 0 saturated carbocycles. The van der Waals surface area contributed by atoms with E-state index in [0.29, 0.717) is 39.0 Å². The van der Waals surface area contributed by atoms with Crippen molar-refractivity contribution >= 4 is 22.9 Å². The van der Waals surface area contributed by atoms with Gasteiger partial charge in [-0.05, 0) is 42.8 Å². The molecule has 2 aliphatic rings. The van der Waals surface area contributed by atoms with Crippen LogP contribution in [0.4, 0.5) is 0 Å². The lowest BCUT2D eigenvalue weighted by molar-refractivity contribution is -0.128. The first-order valence-corrected chi connectivity index (χ1v) is 9.63. The Labute approximate surface area is 177 Å². The minimum Gasteiger partial charge on any atom is -0.462 e. The Balaban J connectivity index is 2.04. The van der Waals surface area contributed by atoms with E-state index in [0.717, 1.165) is 6.08 Å². The number of benzene rings is 3. The third-order valence-electron chi connectivity index (χ3n) is 4.74. The molecule has 0 unspecified atom stereocenters. The van der Waals surface area contributed by atoms with Crippen molar-refractivity contribution in [3.63, 3.8) is 0 Å². The fraction of sp³-hybridized carbons (Fsp3) is 0.0800. The van der Waals surface area contributed by atoms with Gasteiger partial charge in [0.1, 0.15) is 17.1 Å². The molecule has 2 aromatic carbocycles. The summed E-state index contributed by atoms with van der Waals surface area (Å²) < 4.78 is 16.4. The molecule has 0 aromatic heterocycles. The van der Waals surface area contributed by atoms with Crippen LogP contribution in [0.3, 0.4) is 0 Å². The van der Waals surface area contributed by atoms with Crippen LogP contribution in [0.25, 0.3) is 33.4 Å². The molecule has 0 atom stereocenters. The van der Waals surface area contributed by atoms with Crippen LogP contribution in [-0.2, 0) is 9.53 Å². The molecular weight excluding hydrogens is 396 g/mol. The Hall–Kier alpha value is -4.19. The summed E-state index contributed by atoms with van der Waals surface area (Å²) in [6.45, 7) is 5.38. The Kier molecular flexibility index (Phi) is 5.37. The van der Waals surface area contributed by atoms with Crippen molar-refractivity contribution in [3.05, 3.63) is 89.1 Å². The fourth-order valence-electron chi connectivity index (χ4n) is 3.45. The number of hydrogen-bond donors (Lipinski definition) is 0. The summed E-state index contributed by atoms with van der Waals surface area (Å²) in [5.74, 6) is -0.434. The van der Waals surface area contributed by atoms with Crippen molar-refractivity contribution in [1.82, 2.24) is 0 Å². The monoisotopic (exact) mass is 414 g/mol. The fourth-order valence-corrected chi connectivity index (χ4v) is 3.45. The highest BCUT2D eigenvalue weighted by Gasteiger charge is 2.22. The molecule has 1 aliphatic carbocycles. The summed E-state index contributed by atoms with van der Waals surface area (Å²) in [4.78, 5) is 36.2. The van der Waals surface area contributed by atoms with Gasteiger partial charge in [0.15, 0.2) is 5.43 Å². The van der Waals surface area contributed by atoms with E-state index in [1.807, 2.05) is 12.1 Å². The first-order valence-electron chi connectivity index (χ1n) is 9.63. The predicted octanol–water partition coefficient (Wildman–Crippen LogP) is 4.83. The van der Waals surface area contributed by atoms with Crippen molar-refractivity contribution in [2.24, 2.45) is 0 Å². The second kappa shape index (κ2) is 8.28. The van der Waals surface area contributed by atoms with Gasteiger partial charge in [-0.1, -0.05) is 24.8 Å². The van der Waals surface area contributed by atoms with Crippen LogP contribution in [0, 0.1) is 0 Å². The molecule has 0 N–H and O–H groups in total. The van der Waals surface area contributed by atoms with E-state index in [1.165, 1.54) is 12.1 Å². The Bertz CT molecular complexity index is 1350. The second-order valence-electron chi connectivity index (χ2n) is 6.68. The average Bonchev–Trinajstić information content (AvgIpc) is 2.77. The molecule has 2 aromatic rings. The number of rotatable bonds is 5. The standard InChI is InChI=1S/C25H18O6/c1-3-23(27)30-16-10-12-20-22(14-16)31-21-13-15(26)9-11-19(21)24(20)17-7-5-6-8-18(17)25(28)29-4-2/h3,5-14H,1,4H2,2H3.